The maximum absolute atomic E-state index is 9.77. The molecule has 2 N–H and O–H groups in total. The number of ether oxygens (including phenoxy) is 2. The molecule has 0 aromatic carbocycles. The number of rotatable bonds is 5. The summed E-state index contributed by atoms with van der Waals surface area (Å²) in [4.78, 5) is 0. The zero-order chi connectivity index (χ0) is 12.2. The van der Waals surface area contributed by atoms with Crippen LogP contribution in [0.2, 0.25) is 0 Å². The van der Waals surface area contributed by atoms with E-state index in [1.165, 1.54) is 0 Å². The molecule has 0 amide bonds. The third-order valence-corrected chi connectivity index (χ3v) is 2.89. The average Bonchev–Trinajstić information content (AvgIpc) is 2.16. The summed E-state index contributed by atoms with van der Waals surface area (Å²) in [5, 5.41) is 13.1. The summed E-state index contributed by atoms with van der Waals surface area (Å²) in [5.41, 5.74) is -0.850. The van der Waals surface area contributed by atoms with Gasteiger partial charge in [0.15, 0.2) is 0 Å². The Kier molecular flexibility index (Phi) is 4.73. The van der Waals surface area contributed by atoms with Gasteiger partial charge >= 0.3 is 0 Å². The van der Waals surface area contributed by atoms with Crippen LogP contribution >= 0.6 is 0 Å². The lowest BCUT2D eigenvalue weighted by atomic mass is 10.1. The minimum absolute atomic E-state index is 0.0800. The molecule has 0 spiro atoms. The quantitative estimate of drug-likeness (QED) is 0.739. The first-order valence-electron chi connectivity index (χ1n) is 6.03. The van der Waals surface area contributed by atoms with Crippen molar-refractivity contribution in [3.05, 3.63) is 0 Å². The first kappa shape index (κ1) is 13.9. The highest BCUT2D eigenvalue weighted by Crippen LogP contribution is 2.16. The molecule has 0 aromatic rings. The predicted molar refractivity (Wildman–Crippen MR) is 63.6 cm³/mol. The Hall–Kier alpha value is -0.160. The maximum Gasteiger partial charge on any atom is 0.0940 e. The van der Waals surface area contributed by atoms with Crippen molar-refractivity contribution in [2.24, 2.45) is 0 Å². The third-order valence-electron chi connectivity index (χ3n) is 2.89. The van der Waals surface area contributed by atoms with Crippen LogP contribution < -0.4 is 5.32 Å². The Balaban J connectivity index is 2.23. The van der Waals surface area contributed by atoms with Crippen LogP contribution in [0.1, 0.15) is 34.1 Å². The highest BCUT2D eigenvalue weighted by Gasteiger charge is 2.28. The van der Waals surface area contributed by atoms with Gasteiger partial charge < -0.3 is 19.9 Å². The predicted octanol–water partition coefficient (Wildman–Crippen LogP) is 0.931. The lowest BCUT2D eigenvalue weighted by Crippen LogP contribution is -2.52. The van der Waals surface area contributed by atoms with Crippen molar-refractivity contribution in [3.63, 3.8) is 0 Å². The van der Waals surface area contributed by atoms with E-state index in [4.69, 9.17) is 9.47 Å². The summed E-state index contributed by atoms with van der Waals surface area (Å²) in [6.07, 6.45) is 0.777. The zero-order valence-corrected chi connectivity index (χ0v) is 10.9. The van der Waals surface area contributed by atoms with Crippen LogP contribution in [-0.2, 0) is 9.47 Å². The first-order chi connectivity index (χ1) is 7.35. The largest absolute Gasteiger partial charge is 0.388 e. The van der Waals surface area contributed by atoms with E-state index in [0.717, 1.165) is 13.1 Å². The van der Waals surface area contributed by atoms with E-state index in [0.29, 0.717) is 19.6 Å². The summed E-state index contributed by atoms with van der Waals surface area (Å²) in [5.74, 6) is 0. The van der Waals surface area contributed by atoms with Crippen molar-refractivity contribution in [3.8, 4) is 0 Å². The van der Waals surface area contributed by atoms with E-state index in [9.17, 15) is 5.11 Å². The molecule has 1 heterocycles. The molecule has 1 fully saturated rings. The summed E-state index contributed by atoms with van der Waals surface area (Å²) < 4.78 is 11.4. The van der Waals surface area contributed by atoms with E-state index in [-0.39, 0.29) is 11.7 Å². The number of hydrogen-bond acceptors (Lipinski definition) is 4. The zero-order valence-electron chi connectivity index (χ0n) is 10.9. The van der Waals surface area contributed by atoms with Crippen molar-refractivity contribution in [2.75, 3.05) is 26.3 Å². The number of morpholine rings is 1. The fourth-order valence-corrected chi connectivity index (χ4v) is 1.67. The van der Waals surface area contributed by atoms with E-state index in [2.05, 4.69) is 19.2 Å². The molecule has 4 heteroatoms. The van der Waals surface area contributed by atoms with Crippen molar-refractivity contribution in [1.82, 2.24) is 5.32 Å². The maximum atomic E-state index is 9.77. The van der Waals surface area contributed by atoms with Gasteiger partial charge in [-0.25, -0.2) is 0 Å². The van der Waals surface area contributed by atoms with E-state index in [1.54, 1.807) is 6.92 Å². The van der Waals surface area contributed by atoms with Crippen molar-refractivity contribution in [2.45, 2.75) is 51.4 Å². The van der Waals surface area contributed by atoms with Crippen LogP contribution in [0.25, 0.3) is 0 Å². The van der Waals surface area contributed by atoms with Gasteiger partial charge in [0.2, 0.25) is 0 Å². The molecule has 0 radical (unpaired) electrons. The second kappa shape index (κ2) is 5.45. The molecule has 0 aliphatic carbocycles. The summed E-state index contributed by atoms with van der Waals surface area (Å²) in [6, 6.07) is 0. The SMILES string of the molecule is CCC(C)(O)COCC1CNCC(C)(C)O1. The number of nitrogens with one attached hydrogen (secondary N) is 1. The van der Waals surface area contributed by atoms with E-state index in [1.807, 2.05) is 6.92 Å². The van der Waals surface area contributed by atoms with Crippen LogP contribution in [0, 0.1) is 0 Å². The van der Waals surface area contributed by atoms with E-state index >= 15 is 0 Å². The fourth-order valence-electron chi connectivity index (χ4n) is 1.67. The van der Waals surface area contributed by atoms with Gasteiger partial charge in [-0.1, -0.05) is 6.92 Å². The van der Waals surface area contributed by atoms with Crippen LogP contribution in [0.4, 0.5) is 0 Å². The molecule has 1 aliphatic heterocycles. The summed E-state index contributed by atoms with van der Waals surface area (Å²) >= 11 is 0. The van der Waals surface area contributed by atoms with Crippen molar-refractivity contribution >= 4 is 0 Å². The Labute approximate surface area is 98.3 Å². The van der Waals surface area contributed by atoms with Gasteiger partial charge in [-0.2, -0.15) is 0 Å². The lowest BCUT2D eigenvalue weighted by molar-refractivity contribution is -0.132. The minimum Gasteiger partial charge on any atom is -0.388 e. The van der Waals surface area contributed by atoms with Gasteiger partial charge in [-0.05, 0) is 27.2 Å². The second-order valence-corrected chi connectivity index (χ2v) is 5.50. The Morgan fingerprint density at radius 2 is 2.25 bits per heavy atom. The van der Waals surface area contributed by atoms with Gasteiger partial charge in [0.05, 0.1) is 30.5 Å². The molecule has 2 unspecified atom stereocenters. The first-order valence-corrected chi connectivity index (χ1v) is 6.03. The molecule has 16 heavy (non-hydrogen) atoms. The molecule has 1 rings (SSSR count). The topological polar surface area (TPSA) is 50.7 Å². The molecule has 2 atom stereocenters. The third kappa shape index (κ3) is 4.78. The van der Waals surface area contributed by atoms with Crippen LogP contribution in [0.15, 0.2) is 0 Å². The molecule has 1 aliphatic rings. The highest BCUT2D eigenvalue weighted by atomic mass is 16.6. The van der Waals surface area contributed by atoms with E-state index < -0.39 is 5.60 Å². The van der Waals surface area contributed by atoms with Crippen LogP contribution in [-0.4, -0.2) is 48.7 Å². The molecule has 1 saturated heterocycles. The lowest BCUT2D eigenvalue weighted by Gasteiger charge is -2.36. The monoisotopic (exact) mass is 231 g/mol. The standard InChI is InChI=1S/C12H25NO3/c1-5-12(4,14)9-15-7-10-6-13-8-11(2,3)16-10/h10,13-14H,5-9H2,1-4H3. The smallest absolute Gasteiger partial charge is 0.0940 e. The Morgan fingerprint density at radius 1 is 1.56 bits per heavy atom. The van der Waals surface area contributed by atoms with Crippen LogP contribution in [0.5, 0.6) is 0 Å². The van der Waals surface area contributed by atoms with Gasteiger partial charge in [0, 0.05) is 13.1 Å². The number of aliphatic hydroxyl groups is 1. The van der Waals surface area contributed by atoms with Gasteiger partial charge in [0.25, 0.3) is 0 Å². The highest BCUT2D eigenvalue weighted by molar-refractivity contribution is 4.81. The summed E-state index contributed by atoms with van der Waals surface area (Å²) in [6.45, 7) is 10.5. The van der Waals surface area contributed by atoms with Crippen molar-refractivity contribution < 1.29 is 14.6 Å². The van der Waals surface area contributed by atoms with Gasteiger partial charge in [-0.3, -0.25) is 0 Å². The number of hydrogen-bond donors (Lipinski definition) is 2. The van der Waals surface area contributed by atoms with Gasteiger partial charge in [0.1, 0.15) is 0 Å². The average molecular weight is 231 g/mol. The molecule has 0 saturated carbocycles. The van der Waals surface area contributed by atoms with Crippen LogP contribution in [0.3, 0.4) is 0 Å². The molecule has 96 valence electrons. The van der Waals surface area contributed by atoms with Gasteiger partial charge in [-0.15, -0.1) is 0 Å². The van der Waals surface area contributed by atoms with Crippen molar-refractivity contribution in [1.29, 1.82) is 0 Å². The molecular weight excluding hydrogens is 206 g/mol. The normalized spacial score (nSPS) is 28.7. The molecule has 0 aromatic heterocycles. The molecular formula is C12H25NO3. The minimum atomic E-state index is -0.725. The Morgan fingerprint density at radius 3 is 2.81 bits per heavy atom. The molecule has 4 nitrogen and oxygen atoms in total. The Bertz CT molecular complexity index is 216. The molecule has 0 bridgehead atoms. The second-order valence-electron chi connectivity index (χ2n) is 5.50. The fraction of sp³-hybridized carbons (Fsp3) is 1.00. The summed E-state index contributed by atoms with van der Waals surface area (Å²) in [7, 11) is 0.